The molecule has 1 aliphatic rings. The first-order chi connectivity index (χ1) is 8.74. The third kappa shape index (κ3) is 2.00. The third-order valence-electron chi connectivity index (χ3n) is 3.26. The number of anilines is 1. The maximum absolute atomic E-state index is 12.0. The Bertz CT molecular complexity index is 592. The van der Waals surface area contributed by atoms with Crippen LogP contribution in [0.5, 0.6) is 0 Å². The second-order valence-electron chi connectivity index (χ2n) is 4.46. The van der Waals surface area contributed by atoms with Gasteiger partial charge in [0.2, 0.25) is 5.91 Å². The summed E-state index contributed by atoms with van der Waals surface area (Å²) in [5.41, 5.74) is 3.13. The molecule has 3 heteroatoms. The number of halogens is 1. The predicted molar refractivity (Wildman–Crippen MR) is 73.0 cm³/mol. The number of amides is 1. The summed E-state index contributed by atoms with van der Waals surface area (Å²) >= 11 is 5.86. The van der Waals surface area contributed by atoms with Gasteiger partial charge in [0.15, 0.2) is 0 Å². The molecule has 0 bridgehead atoms. The molecule has 0 fully saturated rings. The van der Waals surface area contributed by atoms with Crippen LogP contribution >= 0.6 is 11.6 Å². The molecule has 2 aromatic carbocycles. The molecule has 18 heavy (non-hydrogen) atoms. The number of carbonyl (C=O) groups excluding carboxylic acids is 1. The first-order valence-corrected chi connectivity index (χ1v) is 6.26. The van der Waals surface area contributed by atoms with E-state index in [1.165, 1.54) is 0 Å². The lowest BCUT2D eigenvalue weighted by Crippen LogP contribution is -2.14. The van der Waals surface area contributed by atoms with Gasteiger partial charge in [0.05, 0.1) is 5.92 Å². The van der Waals surface area contributed by atoms with E-state index in [2.05, 4.69) is 5.32 Å². The molecule has 0 aliphatic carbocycles. The van der Waals surface area contributed by atoms with Crippen LogP contribution in [0.4, 0.5) is 5.69 Å². The van der Waals surface area contributed by atoms with Crippen molar-refractivity contribution in [2.75, 3.05) is 5.32 Å². The van der Waals surface area contributed by atoms with Crippen LogP contribution in [0, 0.1) is 0 Å². The quantitative estimate of drug-likeness (QED) is 0.875. The maximum atomic E-state index is 12.0. The molecular formula is C15H12ClNO. The van der Waals surface area contributed by atoms with Gasteiger partial charge in [-0.15, -0.1) is 0 Å². The Kier molecular flexibility index (Phi) is 2.80. The molecule has 90 valence electrons. The summed E-state index contributed by atoms with van der Waals surface area (Å²) < 4.78 is 0. The van der Waals surface area contributed by atoms with Crippen LogP contribution in [0.2, 0.25) is 5.02 Å². The minimum absolute atomic E-state index is 0.0751. The van der Waals surface area contributed by atoms with Crippen LogP contribution in [0.3, 0.4) is 0 Å². The van der Waals surface area contributed by atoms with Crippen LogP contribution in [0.1, 0.15) is 17.0 Å². The lowest BCUT2D eigenvalue weighted by Gasteiger charge is -2.08. The molecular weight excluding hydrogens is 246 g/mol. The van der Waals surface area contributed by atoms with Crippen LogP contribution in [-0.2, 0) is 11.2 Å². The molecule has 2 nitrogen and oxygen atoms in total. The van der Waals surface area contributed by atoms with Crippen molar-refractivity contribution in [2.24, 2.45) is 0 Å². The summed E-state index contributed by atoms with van der Waals surface area (Å²) in [7, 11) is 0. The van der Waals surface area contributed by atoms with E-state index in [0.29, 0.717) is 6.42 Å². The monoisotopic (exact) mass is 257 g/mol. The van der Waals surface area contributed by atoms with Crippen LogP contribution in [0.25, 0.3) is 0 Å². The zero-order valence-electron chi connectivity index (χ0n) is 9.69. The van der Waals surface area contributed by atoms with Crippen molar-refractivity contribution >= 4 is 23.2 Å². The van der Waals surface area contributed by atoms with E-state index >= 15 is 0 Å². The van der Waals surface area contributed by atoms with Crippen molar-refractivity contribution in [3.63, 3.8) is 0 Å². The molecule has 2 aromatic rings. The Labute approximate surface area is 111 Å². The molecule has 1 aliphatic heterocycles. The fourth-order valence-corrected chi connectivity index (χ4v) is 2.46. The number of rotatable bonds is 2. The van der Waals surface area contributed by atoms with Gasteiger partial charge in [0.25, 0.3) is 0 Å². The largest absolute Gasteiger partial charge is 0.325 e. The number of benzene rings is 2. The van der Waals surface area contributed by atoms with Crippen molar-refractivity contribution in [3.8, 4) is 0 Å². The van der Waals surface area contributed by atoms with Gasteiger partial charge in [0.1, 0.15) is 0 Å². The molecule has 0 spiro atoms. The molecule has 1 atom stereocenters. The Hall–Kier alpha value is -1.80. The van der Waals surface area contributed by atoms with Gasteiger partial charge in [-0.3, -0.25) is 4.79 Å². The first kappa shape index (κ1) is 11.3. The summed E-state index contributed by atoms with van der Waals surface area (Å²) in [4.78, 5) is 12.0. The molecule has 1 N–H and O–H groups in total. The minimum atomic E-state index is -0.0950. The molecule has 0 saturated heterocycles. The zero-order chi connectivity index (χ0) is 12.5. The standard InChI is InChI=1S/C15H12ClNO/c16-11-7-5-10(6-8-11)9-13-12-3-1-2-4-14(12)17-15(13)18/h1-8,13H,9H2,(H,17,18)/t13-/m1/s1. The first-order valence-electron chi connectivity index (χ1n) is 5.88. The van der Waals surface area contributed by atoms with E-state index < -0.39 is 0 Å². The number of fused-ring (bicyclic) bond motifs is 1. The summed E-state index contributed by atoms with van der Waals surface area (Å²) in [6.45, 7) is 0. The van der Waals surface area contributed by atoms with Gasteiger partial charge in [-0.05, 0) is 35.7 Å². The van der Waals surface area contributed by atoms with E-state index in [-0.39, 0.29) is 11.8 Å². The van der Waals surface area contributed by atoms with Crippen molar-refractivity contribution in [1.82, 2.24) is 0 Å². The molecule has 3 rings (SSSR count). The number of para-hydroxylation sites is 1. The van der Waals surface area contributed by atoms with Gasteiger partial charge in [-0.1, -0.05) is 41.9 Å². The fourth-order valence-electron chi connectivity index (χ4n) is 2.33. The zero-order valence-corrected chi connectivity index (χ0v) is 10.4. The van der Waals surface area contributed by atoms with Crippen molar-refractivity contribution in [1.29, 1.82) is 0 Å². The normalized spacial score (nSPS) is 17.4. The van der Waals surface area contributed by atoms with Crippen molar-refractivity contribution in [3.05, 3.63) is 64.7 Å². The molecule has 1 amide bonds. The summed E-state index contributed by atoms with van der Waals surface area (Å²) in [5.74, 6) is -0.0199. The van der Waals surface area contributed by atoms with E-state index in [9.17, 15) is 4.79 Å². The highest BCUT2D eigenvalue weighted by Crippen LogP contribution is 2.34. The molecule has 0 saturated carbocycles. The van der Waals surface area contributed by atoms with Crippen LogP contribution < -0.4 is 5.32 Å². The highest BCUT2D eigenvalue weighted by molar-refractivity contribution is 6.30. The van der Waals surface area contributed by atoms with Crippen LogP contribution in [0.15, 0.2) is 48.5 Å². The lowest BCUT2D eigenvalue weighted by atomic mass is 9.93. The second-order valence-corrected chi connectivity index (χ2v) is 4.90. The van der Waals surface area contributed by atoms with E-state index in [0.717, 1.165) is 21.8 Å². The Morgan fingerprint density at radius 3 is 2.56 bits per heavy atom. The van der Waals surface area contributed by atoms with Gasteiger partial charge >= 0.3 is 0 Å². The number of hydrogen-bond donors (Lipinski definition) is 1. The average molecular weight is 258 g/mol. The third-order valence-corrected chi connectivity index (χ3v) is 3.52. The summed E-state index contributed by atoms with van der Waals surface area (Å²) in [5, 5.41) is 3.63. The summed E-state index contributed by atoms with van der Waals surface area (Å²) in [6.07, 6.45) is 0.708. The summed E-state index contributed by atoms with van der Waals surface area (Å²) in [6, 6.07) is 15.5. The Balaban J connectivity index is 1.89. The second kappa shape index (κ2) is 4.46. The average Bonchev–Trinajstić information content (AvgIpc) is 2.69. The van der Waals surface area contributed by atoms with Gasteiger partial charge < -0.3 is 5.32 Å². The molecule has 0 aromatic heterocycles. The van der Waals surface area contributed by atoms with Crippen molar-refractivity contribution < 1.29 is 4.79 Å². The van der Waals surface area contributed by atoms with Crippen LogP contribution in [-0.4, -0.2) is 5.91 Å². The number of carbonyl (C=O) groups is 1. The highest BCUT2D eigenvalue weighted by Gasteiger charge is 2.29. The molecule has 1 heterocycles. The Morgan fingerprint density at radius 1 is 1.06 bits per heavy atom. The van der Waals surface area contributed by atoms with Gasteiger partial charge in [0, 0.05) is 10.7 Å². The van der Waals surface area contributed by atoms with E-state index in [4.69, 9.17) is 11.6 Å². The van der Waals surface area contributed by atoms with E-state index in [1.807, 2.05) is 48.5 Å². The molecule has 0 unspecified atom stereocenters. The smallest absolute Gasteiger partial charge is 0.232 e. The fraction of sp³-hybridized carbons (Fsp3) is 0.133. The minimum Gasteiger partial charge on any atom is -0.325 e. The lowest BCUT2D eigenvalue weighted by molar-refractivity contribution is -0.117. The van der Waals surface area contributed by atoms with E-state index in [1.54, 1.807) is 0 Å². The topological polar surface area (TPSA) is 29.1 Å². The van der Waals surface area contributed by atoms with Gasteiger partial charge in [-0.25, -0.2) is 0 Å². The highest BCUT2D eigenvalue weighted by atomic mass is 35.5. The Morgan fingerprint density at radius 2 is 1.78 bits per heavy atom. The predicted octanol–water partition coefficient (Wildman–Crippen LogP) is 3.62. The molecule has 0 radical (unpaired) electrons. The maximum Gasteiger partial charge on any atom is 0.232 e. The van der Waals surface area contributed by atoms with Gasteiger partial charge in [-0.2, -0.15) is 0 Å². The SMILES string of the molecule is O=C1Nc2ccccc2[C@H]1Cc1ccc(Cl)cc1. The van der Waals surface area contributed by atoms with Crippen molar-refractivity contribution in [2.45, 2.75) is 12.3 Å². The number of nitrogens with one attached hydrogen (secondary N) is 1. The number of hydrogen-bond acceptors (Lipinski definition) is 1.